The van der Waals surface area contributed by atoms with Crippen LogP contribution in [0.5, 0.6) is 11.5 Å². The van der Waals surface area contributed by atoms with Gasteiger partial charge in [-0.25, -0.2) is 9.67 Å². The van der Waals surface area contributed by atoms with Gasteiger partial charge in [0.25, 0.3) is 0 Å². The van der Waals surface area contributed by atoms with Crippen LogP contribution in [0, 0.1) is 19.8 Å². The predicted molar refractivity (Wildman–Crippen MR) is 205 cm³/mol. The van der Waals surface area contributed by atoms with Crippen LogP contribution in [-0.2, 0) is 10.8 Å². The number of pyridine rings is 1. The molecule has 0 saturated carbocycles. The summed E-state index contributed by atoms with van der Waals surface area (Å²) >= 11 is 0. The van der Waals surface area contributed by atoms with Crippen molar-refractivity contribution in [1.29, 1.82) is 0 Å². The van der Waals surface area contributed by atoms with Crippen LogP contribution in [0.3, 0.4) is 0 Å². The maximum atomic E-state index is 14.4. The van der Waals surface area contributed by atoms with Crippen LogP contribution in [0.4, 0.5) is 26.3 Å². The summed E-state index contributed by atoms with van der Waals surface area (Å²) in [5.74, 6) is -2.39. The van der Waals surface area contributed by atoms with Crippen molar-refractivity contribution in [2.24, 2.45) is 5.92 Å². The monoisotopic (exact) mass is 758 g/mol. The van der Waals surface area contributed by atoms with E-state index >= 15 is 0 Å². The molecule has 0 spiro atoms. The number of para-hydroxylation sites is 1. The van der Waals surface area contributed by atoms with E-state index in [1.807, 2.05) is 75.5 Å². The second-order valence-corrected chi connectivity index (χ2v) is 16.6. The highest BCUT2D eigenvalue weighted by molar-refractivity contribution is 6.09. The van der Waals surface area contributed by atoms with Crippen LogP contribution in [0.2, 0.25) is 0 Å². The van der Waals surface area contributed by atoms with Crippen molar-refractivity contribution in [3.8, 4) is 23.0 Å². The normalized spacial score (nSPS) is 17.2. The highest BCUT2D eigenvalue weighted by Gasteiger charge is 2.54. The number of alkyl halides is 6. The average Bonchev–Trinajstić information content (AvgIpc) is 3.58. The van der Waals surface area contributed by atoms with Gasteiger partial charge < -0.3 is 4.74 Å². The molecule has 0 aliphatic heterocycles. The number of benzene rings is 3. The van der Waals surface area contributed by atoms with Gasteiger partial charge in [-0.1, -0.05) is 65.8 Å². The molecule has 55 heavy (non-hydrogen) atoms. The second-order valence-electron chi connectivity index (χ2n) is 16.6. The molecule has 3 aromatic carbocycles. The van der Waals surface area contributed by atoms with Gasteiger partial charge in [0.1, 0.15) is 17.3 Å². The topological polar surface area (TPSA) is 44.9 Å². The molecule has 0 amide bonds. The lowest BCUT2D eigenvalue weighted by Crippen LogP contribution is -2.36. The maximum Gasteiger partial charge on any atom is 0.412 e. The summed E-state index contributed by atoms with van der Waals surface area (Å²) in [5, 5.41) is 6.65. The minimum Gasteiger partial charge on any atom is -0.457 e. The Morgan fingerprint density at radius 2 is 1.42 bits per heavy atom. The van der Waals surface area contributed by atoms with E-state index in [1.165, 1.54) is 18.5 Å². The molecule has 3 aromatic heterocycles. The van der Waals surface area contributed by atoms with Gasteiger partial charge in [-0.15, -0.1) is 0 Å². The third kappa shape index (κ3) is 7.13. The lowest BCUT2D eigenvalue weighted by atomic mass is 9.73. The molecular weight excluding hydrogens is 714 g/mol. The number of halogens is 6. The molecule has 0 bridgehead atoms. The van der Waals surface area contributed by atoms with E-state index in [0.29, 0.717) is 17.2 Å². The summed E-state index contributed by atoms with van der Waals surface area (Å²) in [6.45, 7) is 15.5. The van der Waals surface area contributed by atoms with Crippen LogP contribution in [0.25, 0.3) is 33.3 Å². The zero-order valence-electron chi connectivity index (χ0n) is 32.1. The fourth-order valence-corrected chi connectivity index (χ4v) is 7.89. The Bertz CT molecular complexity index is 2450. The fourth-order valence-electron chi connectivity index (χ4n) is 7.89. The first-order valence-electron chi connectivity index (χ1n) is 18.4. The van der Waals surface area contributed by atoms with Crippen LogP contribution >= 0.6 is 0 Å². The van der Waals surface area contributed by atoms with E-state index in [2.05, 4.69) is 48.6 Å². The summed E-state index contributed by atoms with van der Waals surface area (Å²) in [6, 6.07) is 23.5. The van der Waals surface area contributed by atoms with Crippen LogP contribution in [-0.4, -0.2) is 31.7 Å². The average molecular weight is 759 g/mol. The number of hydrogen-bond acceptors (Lipinski definition) is 3. The summed E-state index contributed by atoms with van der Waals surface area (Å²) < 4.78 is 96.3. The molecular formula is C44H44F6N4O. The highest BCUT2D eigenvalue weighted by atomic mass is 19.4. The number of rotatable bonds is 5. The molecule has 11 heteroatoms. The molecule has 1 aliphatic carbocycles. The first-order valence-corrected chi connectivity index (χ1v) is 18.4. The first kappa shape index (κ1) is 38.2. The van der Waals surface area contributed by atoms with Gasteiger partial charge in [0.05, 0.1) is 28.3 Å². The predicted octanol–water partition coefficient (Wildman–Crippen LogP) is 12.9. The zero-order valence-corrected chi connectivity index (χ0v) is 32.1. The largest absolute Gasteiger partial charge is 0.457 e. The number of aryl methyl sites for hydroxylation is 1. The molecule has 0 saturated heterocycles. The minimum atomic E-state index is -4.93. The van der Waals surface area contributed by atoms with Crippen LogP contribution in [0.1, 0.15) is 88.4 Å². The molecule has 0 radical (unpaired) electrons. The van der Waals surface area contributed by atoms with Gasteiger partial charge in [-0.2, -0.15) is 31.4 Å². The van der Waals surface area contributed by atoms with Crippen molar-refractivity contribution in [1.82, 2.24) is 19.3 Å². The van der Waals surface area contributed by atoms with Crippen molar-refractivity contribution in [3.63, 3.8) is 0 Å². The quantitative estimate of drug-likeness (QED) is 0.130. The van der Waals surface area contributed by atoms with Crippen molar-refractivity contribution in [3.05, 3.63) is 119 Å². The van der Waals surface area contributed by atoms with Gasteiger partial charge in [-0.05, 0) is 91.1 Å². The van der Waals surface area contributed by atoms with Gasteiger partial charge >= 0.3 is 12.4 Å². The van der Waals surface area contributed by atoms with Crippen molar-refractivity contribution < 1.29 is 31.1 Å². The Hall–Kier alpha value is -5.06. The van der Waals surface area contributed by atoms with Crippen molar-refractivity contribution in [2.45, 2.75) is 97.3 Å². The number of hydrogen-bond donors (Lipinski definition) is 0. The number of aromatic nitrogens is 4. The zero-order chi connectivity index (χ0) is 39.8. The standard InChI is InChI=1S/C44H44F6N4O/c1-25-39(40-34(43(45,46)47)13-11-14-35(40)44(48,49)50)26(2)54(52-25)29-20-28(42(6,7)8)21-31(23-29)55-30-16-17-33-32-12-9-10-15-36(32)53(37(33)24-30)38-22-27(18-19-51-38)41(3,4)5/h9-10,12-13,15-24,35,40H,11,14H2,1-8H3/t35-,40+/m0/s1. The third-order valence-electron chi connectivity index (χ3n) is 10.7. The van der Waals surface area contributed by atoms with Gasteiger partial charge in [0.2, 0.25) is 0 Å². The molecule has 6 aromatic rings. The van der Waals surface area contributed by atoms with E-state index in [-0.39, 0.29) is 28.8 Å². The van der Waals surface area contributed by atoms with E-state index in [0.717, 1.165) is 44.8 Å². The second kappa shape index (κ2) is 13.3. The van der Waals surface area contributed by atoms with Gasteiger partial charge in [0.15, 0.2) is 0 Å². The minimum absolute atomic E-state index is 0.0587. The SMILES string of the molecule is Cc1nn(-c2cc(Oc3ccc4c5ccccc5n(-c5cc(C(C)(C)C)ccn5)c4c3)cc(C(C)(C)C)c2)c(C)c1[C@@H]1C(C(F)(F)F)=CCC[C@@H]1C(F)(F)F. The lowest BCUT2D eigenvalue weighted by Gasteiger charge is -2.35. The molecule has 0 fully saturated rings. The molecule has 2 atom stereocenters. The Labute approximate surface area is 316 Å². The molecule has 3 heterocycles. The van der Waals surface area contributed by atoms with Crippen molar-refractivity contribution in [2.75, 3.05) is 0 Å². The Morgan fingerprint density at radius 1 is 0.727 bits per heavy atom. The Kier molecular flexibility index (Phi) is 9.25. The van der Waals surface area contributed by atoms with E-state index in [4.69, 9.17) is 9.72 Å². The third-order valence-corrected chi connectivity index (χ3v) is 10.7. The van der Waals surface area contributed by atoms with E-state index in [1.54, 1.807) is 6.07 Å². The smallest absolute Gasteiger partial charge is 0.412 e. The summed E-state index contributed by atoms with van der Waals surface area (Å²) in [4.78, 5) is 4.76. The summed E-state index contributed by atoms with van der Waals surface area (Å²) in [5.41, 5.74) is 2.90. The first-order chi connectivity index (χ1) is 25.6. The number of nitrogens with zero attached hydrogens (tertiary/aromatic N) is 4. The lowest BCUT2D eigenvalue weighted by molar-refractivity contribution is -0.187. The Morgan fingerprint density at radius 3 is 2.09 bits per heavy atom. The highest BCUT2D eigenvalue weighted by Crippen LogP contribution is 2.53. The summed E-state index contributed by atoms with van der Waals surface area (Å²) in [7, 11) is 0. The maximum absolute atomic E-state index is 14.4. The number of fused-ring (bicyclic) bond motifs is 3. The van der Waals surface area contributed by atoms with E-state index < -0.39 is 41.6 Å². The van der Waals surface area contributed by atoms with Crippen LogP contribution < -0.4 is 4.74 Å². The Balaban J connectivity index is 1.35. The van der Waals surface area contributed by atoms with E-state index in [9.17, 15) is 26.3 Å². The van der Waals surface area contributed by atoms with Crippen LogP contribution in [0.15, 0.2) is 90.6 Å². The van der Waals surface area contributed by atoms with Gasteiger partial charge in [-0.3, -0.25) is 4.57 Å². The molecule has 0 unspecified atom stereocenters. The van der Waals surface area contributed by atoms with Gasteiger partial charge in [0, 0.05) is 51.9 Å². The van der Waals surface area contributed by atoms with Crippen molar-refractivity contribution >= 4 is 21.8 Å². The fraction of sp³-hybridized carbons (Fsp3) is 0.364. The molecule has 288 valence electrons. The molecule has 1 aliphatic rings. The molecule has 0 N–H and O–H groups in total. The molecule has 5 nitrogen and oxygen atoms in total. The number of ether oxygens (including phenoxy) is 1. The summed E-state index contributed by atoms with van der Waals surface area (Å²) in [6.07, 6.45) is -7.77. The molecule has 7 rings (SSSR count). The number of allylic oxidation sites excluding steroid dienone is 2.